The molecule has 6 nitrogen and oxygen atoms in total. The number of Topliss-reactive ketones (excluding diaryl/α,β-unsaturated/α-hetero) is 1. The number of ketones is 1. The minimum absolute atomic E-state index is 0.0307. The highest BCUT2D eigenvalue weighted by Gasteiger charge is 2.29. The van der Waals surface area contributed by atoms with E-state index in [1.165, 1.54) is 11.3 Å². The third kappa shape index (κ3) is 4.47. The number of para-hydroxylation sites is 1. The van der Waals surface area contributed by atoms with Crippen molar-refractivity contribution in [2.45, 2.75) is 44.9 Å². The first-order chi connectivity index (χ1) is 14.1. The Hall–Kier alpha value is -2.76. The van der Waals surface area contributed by atoms with Crippen LogP contribution >= 0.6 is 0 Å². The molecular formula is C23H28N4O2. The van der Waals surface area contributed by atoms with Gasteiger partial charge in [-0.25, -0.2) is 4.98 Å². The molecule has 0 spiro atoms. The summed E-state index contributed by atoms with van der Waals surface area (Å²) in [6.07, 6.45) is 9.20. The van der Waals surface area contributed by atoms with Crippen LogP contribution in [-0.4, -0.2) is 44.9 Å². The molecule has 0 unspecified atom stereocenters. The molecule has 0 N–H and O–H groups in total. The van der Waals surface area contributed by atoms with Gasteiger partial charge in [0.05, 0.1) is 5.69 Å². The minimum Gasteiger partial charge on any atom is -0.343 e. The summed E-state index contributed by atoms with van der Waals surface area (Å²) >= 11 is 0. The third-order valence-corrected chi connectivity index (χ3v) is 6.07. The number of aryl methyl sites for hydroxylation is 2. The normalized spacial score (nSPS) is 17.0. The van der Waals surface area contributed by atoms with Gasteiger partial charge in [0.2, 0.25) is 11.7 Å². The van der Waals surface area contributed by atoms with Gasteiger partial charge >= 0.3 is 0 Å². The van der Waals surface area contributed by atoms with E-state index < -0.39 is 0 Å². The molecule has 2 aliphatic rings. The van der Waals surface area contributed by atoms with Crippen molar-refractivity contribution in [1.29, 1.82) is 0 Å². The number of carbonyl (C=O) groups is 2. The molecule has 2 aromatic rings. The van der Waals surface area contributed by atoms with Crippen LogP contribution in [0.2, 0.25) is 0 Å². The van der Waals surface area contributed by atoms with Gasteiger partial charge in [0, 0.05) is 50.6 Å². The van der Waals surface area contributed by atoms with Crippen molar-refractivity contribution in [3.63, 3.8) is 0 Å². The van der Waals surface area contributed by atoms with E-state index in [1.54, 1.807) is 17.0 Å². The molecule has 3 heterocycles. The van der Waals surface area contributed by atoms with Crippen molar-refractivity contribution >= 4 is 23.1 Å². The van der Waals surface area contributed by atoms with E-state index in [-0.39, 0.29) is 17.6 Å². The maximum atomic E-state index is 12.6. The van der Waals surface area contributed by atoms with E-state index in [0.717, 1.165) is 44.2 Å². The highest BCUT2D eigenvalue weighted by molar-refractivity contribution is 5.95. The Labute approximate surface area is 171 Å². The van der Waals surface area contributed by atoms with Crippen LogP contribution < -0.4 is 0 Å². The molecule has 29 heavy (non-hydrogen) atoms. The zero-order chi connectivity index (χ0) is 20.2. The van der Waals surface area contributed by atoms with Gasteiger partial charge in [-0.15, -0.1) is 0 Å². The van der Waals surface area contributed by atoms with Gasteiger partial charge < -0.3 is 9.47 Å². The van der Waals surface area contributed by atoms with Crippen LogP contribution in [0.5, 0.6) is 0 Å². The van der Waals surface area contributed by atoms with Crippen molar-refractivity contribution in [1.82, 2.24) is 14.5 Å². The number of aliphatic imine (C=N–C) groups is 1. The van der Waals surface area contributed by atoms with Crippen molar-refractivity contribution < 1.29 is 9.59 Å². The van der Waals surface area contributed by atoms with Crippen molar-refractivity contribution in [3.8, 4) is 0 Å². The fourth-order valence-electron chi connectivity index (χ4n) is 4.30. The smallest absolute Gasteiger partial charge is 0.222 e. The first kappa shape index (κ1) is 19.6. The summed E-state index contributed by atoms with van der Waals surface area (Å²) in [6.45, 7) is 1.32. The number of benzene rings is 1. The summed E-state index contributed by atoms with van der Waals surface area (Å²) in [5.74, 6) is 0.784. The number of hydrogen-bond acceptors (Lipinski definition) is 4. The van der Waals surface area contributed by atoms with Gasteiger partial charge in [-0.05, 0) is 50.2 Å². The molecule has 4 rings (SSSR count). The zero-order valence-corrected chi connectivity index (χ0v) is 17.0. The van der Waals surface area contributed by atoms with Crippen molar-refractivity contribution in [2.75, 3.05) is 13.1 Å². The van der Waals surface area contributed by atoms with Gasteiger partial charge in [-0.3, -0.25) is 14.6 Å². The molecule has 0 radical (unpaired) electrons. The van der Waals surface area contributed by atoms with Crippen LogP contribution in [0.4, 0.5) is 5.69 Å². The van der Waals surface area contributed by atoms with Gasteiger partial charge in [0.15, 0.2) is 5.82 Å². The monoisotopic (exact) mass is 392 g/mol. The van der Waals surface area contributed by atoms with Crippen molar-refractivity contribution in [3.05, 3.63) is 48.0 Å². The molecule has 152 valence electrons. The van der Waals surface area contributed by atoms with Gasteiger partial charge in [-0.1, -0.05) is 18.2 Å². The average molecular weight is 393 g/mol. The summed E-state index contributed by atoms with van der Waals surface area (Å²) in [4.78, 5) is 36.0. The second-order valence-electron chi connectivity index (χ2n) is 8.04. The predicted molar refractivity (Wildman–Crippen MR) is 113 cm³/mol. The molecule has 1 fully saturated rings. The Morgan fingerprint density at radius 3 is 2.69 bits per heavy atom. The van der Waals surface area contributed by atoms with Gasteiger partial charge in [0.1, 0.15) is 0 Å². The maximum Gasteiger partial charge on any atom is 0.222 e. The number of piperidine rings is 1. The maximum absolute atomic E-state index is 12.6. The molecular weight excluding hydrogens is 364 g/mol. The third-order valence-electron chi connectivity index (χ3n) is 6.07. The number of amides is 1. The molecule has 1 aromatic carbocycles. The van der Waals surface area contributed by atoms with E-state index in [0.29, 0.717) is 25.3 Å². The summed E-state index contributed by atoms with van der Waals surface area (Å²) in [5.41, 5.74) is 3.60. The molecule has 1 amide bonds. The summed E-state index contributed by atoms with van der Waals surface area (Å²) in [5, 5.41) is 0. The molecule has 0 saturated carbocycles. The van der Waals surface area contributed by atoms with Crippen LogP contribution in [-0.2, 0) is 18.3 Å². The van der Waals surface area contributed by atoms with E-state index in [9.17, 15) is 9.59 Å². The molecule has 1 aromatic heterocycles. The lowest BCUT2D eigenvalue weighted by Crippen LogP contribution is -2.40. The van der Waals surface area contributed by atoms with Crippen LogP contribution in [0.1, 0.15) is 54.7 Å². The van der Waals surface area contributed by atoms with E-state index in [1.807, 2.05) is 18.0 Å². The number of rotatable bonds is 6. The summed E-state index contributed by atoms with van der Waals surface area (Å²) in [6, 6.07) is 8.29. The SMILES string of the molecule is Cn1ccnc1C(=O)C1CCN(C(=O)CCCC2=Nc3ccccc3CC2)CC1. The predicted octanol–water partition coefficient (Wildman–Crippen LogP) is 3.73. The van der Waals surface area contributed by atoms with Gasteiger partial charge in [0.25, 0.3) is 0 Å². The molecule has 0 bridgehead atoms. The number of aromatic nitrogens is 2. The lowest BCUT2D eigenvalue weighted by molar-refractivity contribution is -0.132. The highest BCUT2D eigenvalue weighted by Crippen LogP contribution is 2.27. The molecule has 0 aliphatic carbocycles. The van der Waals surface area contributed by atoms with E-state index in [4.69, 9.17) is 4.99 Å². The number of imidazole rings is 1. The van der Waals surface area contributed by atoms with Crippen LogP contribution in [0.3, 0.4) is 0 Å². The van der Waals surface area contributed by atoms with Crippen LogP contribution in [0, 0.1) is 5.92 Å². The molecule has 0 atom stereocenters. The quantitative estimate of drug-likeness (QED) is 0.704. The number of fused-ring (bicyclic) bond motifs is 1. The number of likely N-dealkylation sites (tertiary alicyclic amines) is 1. The second kappa shape index (κ2) is 8.72. The largest absolute Gasteiger partial charge is 0.343 e. The van der Waals surface area contributed by atoms with Crippen molar-refractivity contribution in [2.24, 2.45) is 18.0 Å². The Kier molecular flexibility index (Phi) is 5.88. The fourth-order valence-corrected chi connectivity index (χ4v) is 4.30. The average Bonchev–Trinajstić information content (AvgIpc) is 3.19. The number of hydrogen-bond donors (Lipinski definition) is 0. The fraction of sp³-hybridized carbons (Fsp3) is 0.478. The summed E-state index contributed by atoms with van der Waals surface area (Å²) < 4.78 is 1.77. The van der Waals surface area contributed by atoms with Crippen LogP contribution in [0.15, 0.2) is 41.7 Å². The zero-order valence-electron chi connectivity index (χ0n) is 17.0. The van der Waals surface area contributed by atoms with Crippen LogP contribution in [0.25, 0.3) is 0 Å². The first-order valence-corrected chi connectivity index (χ1v) is 10.6. The lowest BCUT2D eigenvalue weighted by atomic mass is 9.91. The topological polar surface area (TPSA) is 67.6 Å². The molecule has 6 heteroatoms. The van der Waals surface area contributed by atoms with E-state index >= 15 is 0 Å². The second-order valence-corrected chi connectivity index (χ2v) is 8.04. The molecule has 1 saturated heterocycles. The number of nitrogens with zero attached hydrogens (tertiary/aromatic N) is 4. The Morgan fingerprint density at radius 1 is 1.14 bits per heavy atom. The Balaban J connectivity index is 1.22. The molecule has 2 aliphatic heterocycles. The minimum atomic E-state index is -0.0307. The summed E-state index contributed by atoms with van der Waals surface area (Å²) in [7, 11) is 1.84. The van der Waals surface area contributed by atoms with E-state index in [2.05, 4.69) is 23.2 Å². The first-order valence-electron chi connectivity index (χ1n) is 10.6. The number of carbonyl (C=O) groups excluding carboxylic acids is 2. The highest BCUT2D eigenvalue weighted by atomic mass is 16.2. The van der Waals surface area contributed by atoms with Gasteiger partial charge in [-0.2, -0.15) is 0 Å². The lowest BCUT2D eigenvalue weighted by Gasteiger charge is -2.31. The standard InChI is InChI=1S/C23H28N4O2/c1-26-16-13-24-23(26)22(29)18-11-14-27(15-12-18)21(28)8-4-6-19-10-9-17-5-2-3-7-20(17)25-19/h2-3,5,7,13,16,18H,4,6,8-12,14-15H2,1H3. The Bertz CT molecular complexity index is 922. The Morgan fingerprint density at radius 2 is 1.93 bits per heavy atom.